The predicted molar refractivity (Wildman–Crippen MR) is 92.6 cm³/mol. The van der Waals surface area contributed by atoms with Crippen LogP contribution in [0.25, 0.3) is 0 Å². The molecule has 0 radical (unpaired) electrons. The Morgan fingerprint density at radius 2 is 1.95 bits per heavy atom. The van der Waals surface area contributed by atoms with Gasteiger partial charge in [0, 0.05) is 37.0 Å². The van der Waals surface area contributed by atoms with Crippen molar-refractivity contribution < 1.29 is 14.6 Å². The van der Waals surface area contributed by atoms with Gasteiger partial charge in [-0.1, -0.05) is 0 Å². The van der Waals surface area contributed by atoms with Crippen molar-refractivity contribution in [3.8, 4) is 11.5 Å². The van der Waals surface area contributed by atoms with Gasteiger partial charge < -0.3 is 25.2 Å². The summed E-state index contributed by atoms with van der Waals surface area (Å²) in [5.41, 5.74) is 1.18. The summed E-state index contributed by atoms with van der Waals surface area (Å²) in [5.74, 6) is 1.78. The Labute approximate surface area is 142 Å². The molecule has 0 bridgehead atoms. The molecule has 0 spiro atoms. The van der Waals surface area contributed by atoms with Crippen molar-refractivity contribution >= 4 is 24.2 Å². The summed E-state index contributed by atoms with van der Waals surface area (Å²) in [7, 11) is 3.29. The van der Waals surface area contributed by atoms with E-state index >= 15 is 0 Å². The van der Waals surface area contributed by atoms with Crippen LogP contribution in [0.3, 0.4) is 0 Å². The summed E-state index contributed by atoms with van der Waals surface area (Å²) < 4.78 is 10.7. The number of nitrogens with one attached hydrogen (secondary N) is 2. The normalized spacial score (nSPS) is 20.5. The third-order valence-electron chi connectivity index (χ3n) is 3.81. The predicted octanol–water partition coefficient (Wildman–Crippen LogP) is 1.52. The highest BCUT2D eigenvalue weighted by molar-refractivity contribution is 7.98. The fourth-order valence-electron chi connectivity index (χ4n) is 2.55. The van der Waals surface area contributed by atoms with Crippen LogP contribution in [0.1, 0.15) is 5.56 Å². The maximum atomic E-state index is 9.79. The van der Waals surface area contributed by atoms with Gasteiger partial charge >= 0.3 is 0 Å². The Morgan fingerprint density at radius 1 is 1.27 bits per heavy atom. The molecule has 0 aliphatic carbocycles. The topological polar surface area (TPSA) is 62.8 Å². The number of thioether (sulfide) groups is 1. The third-order valence-corrected chi connectivity index (χ3v) is 4.63. The van der Waals surface area contributed by atoms with Crippen LogP contribution in [0.15, 0.2) is 17.0 Å². The number of rotatable bonds is 7. The maximum absolute atomic E-state index is 9.79. The number of hydrogen-bond donors (Lipinski definition) is 3. The first-order valence-corrected chi connectivity index (χ1v) is 8.30. The van der Waals surface area contributed by atoms with Gasteiger partial charge in [-0.25, -0.2) is 0 Å². The van der Waals surface area contributed by atoms with Crippen LogP contribution in [0, 0.1) is 5.92 Å². The Kier molecular flexibility index (Phi) is 8.35. The minimum atomic E-state index is -0.247. The van der Waals surface area contributed by atoms with Crippen LogP contribution in [0.2, 0.25) is 0 Å². The number of hydrogen-bond acceptors (Lipinski definition) is 6. The molecule has 22 heavy (non-hydrogen) atoms. The molecular formula is C15H25ClN2O3S. The van der Waals surface area contributed by atoms with Crippen LogP contribution < -0.4 is 20.1 Å². The smallest absolute Gasteiger partial charge is 0.161 e. The van der Waals surface area contributed by atoms with Crippen LogP contribution in [-0.4, -0.2) is 51.3 Å². The zero-order chi connectivity index (χ0) is 15.2. The van der Waals surface area contributed by atoms with Gasteiger partial charge in [-0.05, 0) is 24.0 Å². The molecule has 1 aliphatic heterocycles. The highest BCUT2D eigenvalue weighted by Gasteiger charge is 2.24. The first kappa shape index (κ1) is 19.4. The summed E-state index contributed by atoms with van der Waals surface area (Å²) in [6.45, 7) is 3.12. The number of benzene rings is 1. The Bertz CT molecular complexity index is 476. The van der Waals surface area contributed by atoms with E-state index in [4.69, 9.17) is 9.47 Å². The van der Waals surface area contributed by atoms with Gasteiger partial charge in [-0.15, -0.1) is 24.2 Å². The van der Waals surface area contributed by atoms with E-state index in [9.17, 15) is 5.11 Å². The Morgan fingerprint density at radius 3 is 2.50 bits per heavy atom. The van der Waals surface area contributed by atoms with Crippen molar-refractivity contribution in [1.29, 1.82) is 0 Å². The second-order valence-corrected chi connectivity index (χ2v) is 5.98. The average molecular weight is 349 g/mol. The molecule has 0 amide bonds. The standard InChI is InChI=1S/C15H24N2O3S.ClH/c1-19-13-4-10(15(21-3)5-14(13)20-2)6-16-7-11-8-17-9-12(11)18;/h4-5,11-12,16-18H,6-9H2,1-3H3;1H. The van der Waals surface area contributed by atoms with E-state index in [1.165, 1.54) is 10.5 Å². The summed E-state index contributed by atoms with van der Waals surface area (Å²) in [5, 5.41) is 16.4. The lowest BCUT2D eigenvalue weighted by atomic mass is 10.1. The van der Waals surface area contributed by atoms with Crippen molar-refractivity contribution in [3.63, 3.8) is 0 Å². The second kappa shape index (κ2) is 9.47. The molecule has 126 valence electrons. The molecular weight excluding hydrogens is 324 g/mol. The lowest BCUT2D eigenvalue weighted by Crippen LogP contribution is -2.30. The van der Waals surface area contributed by atoms with Crippen LogP contribution in [-0.2, 0) is 6.54 Å². The zero-order valence-corrected chi connectivity index (χ0v) is 14.9. The molecule has 1 saturated heterocycles. The van der Waals surface area contributed by atoms with E-state index in [-0.39, 0.29) is 24.4 Å². The first-order chi connectivity index (χ1) is 10.2. The van der Waals surface area contributed by atoms with E-state index in [2.05, 4.69) is 16.9 Å². The number of methoxy groups -OCH3 is 2. The van der Waals surface area contributed by atoms with Gasteiger partial charge in [0.15, 0.2) is 11.5 Å². The van der Waals surface area contributed by atoms with Crippen LogP contribution >= 0.6 is 24.2 Å². The summed E-state index contributed by atoms with van der Waals surface area (Å²) in [6, 6.07) is 4.02. The molecule has 1 aliphatic rings. The SMILES string of the molecule is COc1cc(CNCC2CNCC2O)c(SC)cc1OC.Cl. The fourth-order valence-corrected chi connectivity index (χ4v) is 3.17. The summed E-state index contributed by atoms with van der Waals surface area (Å²) >= 11 is 1.69. The van der Waals surface area contributed by atoms with Gasteiger partial charge in [-0.2, -0.15) is 0 Å². The van der Waals surface area contributed by atoms with E-state index in [0.717, 1.165) is 31.1 Å². The Hall–Kier alpha value is -0.660. The number of halogens is 1. The molecule has 1 fully saturated rings. The number of aliphatic hydroxyl groups excluding tert-OH is 1. The van der Waals surface area contributed by atoms with Gasteiger partial charge in [0.05, 0.1) is 20.3 Å². The van der Waals surface area contributed by atoms with Gasteiger partial charge in [0.1, 0.15) is 0 Å². The third kappa shape index (κ3) is 4.67. The molecule has 2 unspecified atom stereocenters. The lowest BCUT2D eigenvalue weighted by Gasteiger charge is -2.17. The highest BCUT2D eigenvalue weighted by Crippen LogP contribution is 2.34. The molecule has 2 rings (SSSR count). The molecule has 2 atom stereocenters. The zero-order valence-electron chi connectivity index (χ0n) is 13.2. The minimum Gasteiger partial charge on any atom is -0.493 e. The number of ether oxygens (including phenoxy) is 2. The monoisotopic (exact) mass is 348 g/mol. The largest absolute Gasteiger partial charge is 0.493 e. The van der Waals surface area contributed by atoms with E-state index in [1.54, 1.807) is 26.0 Å². The number of β-amino-alcohol motifs (C(OH)–C–C–N with tert-alkyl or cyclic N) is 1. The highest BCUT2D eigenvalue weighted by atomic mass is 35.5. The van der Waals surface area contributed by atoms with Crippen LogP contribution in [0.4, 0.5) is 0 Å². The van der Waals surface area contributed by atoms with Crippen molar-refractivity contribution in [3.05, 3.63) is 17.7 Å². The Balaban J connectivity index is 0.00000242. The molecule has 7 heteroatoms. The molecule has 0 aromatic heterocycles. The quantitative estimate of drug-likeness (QED) is 0.649. The molecule has 1 aromatic carbocycles. The molecule has 3 N–H and O–H groups in total. The van der Waals surface area contributed by atoms with Crippen molar-refractivity contribution in [1.82, 2.24) is 10.6 Å². The summed E-state index contributed by atoms with van der Waals surface area (Å²) in [6.07, 6.45) is 1.80. The van der Waals surface area contributed by atoms with Crippen LogP contribution in [0.5, 0.6) is 11.5 Å². The number of aliphatic hydroxyl groups is 1. The maximum Gasteiger partial charge on any atom is 0.161 e. The lowest BCUT2D eigenvalue weighted by molar-refractivity contribution is 0.146. The molecule has 1 aromatic rings. The van der Waals surface area contributed by atoms with Crippen molar-refractivity contribution in [2.24, 2.45) is 5.92 Å². The van der Waals surface area contributed by atoms with E-state index in [0.29, 0.717) is 6.54 Å². The van der Waals surface area contributed by atoms with Gasteiger partial charge in [-0.3, -0.25) is 0 Å². The average Bonchev–Trinajstić information content (AvgIpc) is 2.92. The van der Waals surface area contributed by atoms with Crippen molar-refractivity contribution in [2.75, 3.05) is 40.1 Å². The van der Waals surface area contributed by atoms with Crippen molar-refractivity contribution in [2.45, 2.75) is 17.5 Å². The minimum absolute atomic E-state index is 0. The van der Waals surface area contributed by atoms with Gasteiger partial charge in [0.2, 0.25) is 0 Å². The molecule has 5 nitrogen and oxygen atoms in total. The molecule has 0 saturated carbocycles. The van der Waals surface area contributed by atoms with E-state index in [1.807, 2.05) is 12.1 Å². The second-order valence-electron chi connectivity index (χ2n) is 5.14. The molecule has 1 heterocycles. The summed E-state index contributed by atoms with van der Waals surface area (Å²) in [4.78, 5) is 1.17. The van der Waals surface area contributed by atoms with E-state index < -0.39 is 0 Å². The first-order valence-electron chi connectivity index (χ1n) is 7.08. The van der Waals surface area contributed by atoms with Gasteiger partial charge in [0.25, 0.3) is 0 Å². The fraction of sp³-hybridized carbons (Fsp3) is 0.600.